The maximum Gasteiger partial charge on any atom is 0.269 e. The van der Waals surface area contributed by atoms with Gasteiger partial charge in [-0.1, -0.05) is 18.2 Å². The molecule has 3 rings (SSSR count). The van der Waals surface area contributed by atoms with Crippen LogP contribution < -0.4 is 10.3 Å². The third-order valence-corrected chi connectivity index (χ3v) is 3.93. The number of ether oxygens (including phenoxy) is 1. The fourth-order valence-electron chi connectivity index (χ4n) is 2.27. The molecule has 4 nitrogen and oxygen atoms in total. The van der Waals surface area contributed by atoms with Gasteiger partial charge in [-0.3, -0.25) is 4.79 Å². The molecule has 0 aliphatic rings. The zero-order valence-electron chi connectivity index (χ0n) is 11.4. The number of aromatic nitrogens is 2. The number of hydrogen-bond donors (Lipinski definition) is 0. The molecule has 0 unspecified atom stereocenters. The molecule has 1 heterocycles. The normalized spacial score (nSPS) is 10.8. The van der Waals surface area contributed by atoms with Crippen LogP contribution in [0, 0.1) is 0 Å². The summed E-state index contributed by atoms with van der Waals surface area (Å²) in [6.07, 6.45) is 1.36. The van der Waals surface area contributed by atoms with E-state index in [2.05, 4.69) is 20.9 Å². The molecule has 0 aliphatic heterocycles. The van der Waals surface area contributed by atoms with Gasteiger partial charge < -0.3 is 9.30 Å². The lowest BCUT2D eigenvalue weighted by Crippen LogP contribution is -2.21. The van der Waals surface area contributed by atoms with Crippen LogP contribution in [0.25, 0.3) is 11.0 Å². The monoisotopic (exact) mass is 344 g/mol. The van der Waals surface area contributed by atoms with E-state index < -0.39 is 0 Å². The lowest BCUT2D eigenvalue weighted by atomic mass is 10.2. The molecule has 0 bridgehead atoms. The van der Waals surface area contributed by atoms with Crippen LogP contribution in [0.1, 0.15) is 5.56 Å². The topological polar surface area (TPSA) is 44.1 Å². The molecule has 0 amide bonds. The highest BCUT2D eigenvalue weighted by molar-refractivity contribution is 9.10. The summed E-state index contributed by atoms with van der Waals surface area (Å²) in [6, 6.07) is 13.4. The van der Waals surface area contributed by atoms with Crippen molar-refractivity contribution >= 4 is 27.0 Å². The highest BCUT2D eigenvalue weighted by Gasteiger charge is 2.06. The summed E-state index contributed by atoms with van der Waals surface area (Å²) in [6.45, 7) is 0.491. The Morgan fingerprint density at radius 1 is 1.24 bits per heavy atom. The molecule has 0 saturated heterocycles. The van der Waals surface area contributed by atoms with Crippen LogP contribution in [0.5, 0.6) is 5.75 Å². The van der Waals surface area contributed by atoms with E-state index in [1.807, 2.05) is 42.5 Å². The van der Waals surface area contributed by atoms with Crippen LogP contribution in [0.3, 0.4) is 0 Å². The van der Waals surface area contributed by atoms with Crippen molar-refractivity contribution in [2.75, 3.05) is 7.11 Å². The molecule has 0 N–H and O–H groups in total. The molecule has 0 atom stereocenters. The van der Waals surface area contributed by atoms with Crippen molar-refractivity contribution in [3.8, 4) is 5.75 Å². The summed E-state index contributed by atoms with van der Waals surface area (Å²) < 4.78 is 7.81. The lowest BCUT2D eigenvalue weighted by molar-refractivity contribution is 0.412. The lowest BCUT2D eigenvalue weighted by Gasteiger charge is -2.11. The number of halogens is 1. The van der Waals surface area contributed by atoms with Crippen LogP contribution >= 0.6 is 15.9 Å². The molecule has 0 radical (unpaired) electrons. The maximum atomic E-state index is 12.1. The molecule has 1 aromatic heterocycles. The van der Waals surface area contributed by atoms with E-state index in [0.717, 1.165) is 26.8 Å². The molecule has 0 aliphatic carbocycles. The van der Waals surface area contributed by atoms with Gasteiger partial charge in [-0.25, -0.2) is 4.98 Å². The first-order valence-electron chi connectivity index (χ1n) is 6.46. The molecule has 0 spiro atoms. The fourth-order valence-corrected chi connectivity index (χ4v) is 2.86. The fraction of sp³-hybridized carbons (Fsp3) is 0.125. The first-order chi connectivity index (χ1) is 10.2. The molecule has 106 valence electrons. The third-order valence-electron chi connectivity index (χ3n) is 3.31. The SMILES string of the molecule is COc1ccc(Cn2c(=O)cnc3ccccc32)cc1Br. The molecule has 2 aromatic carbocycles. The average molecular weight is 345 g/mol. The number of rotatable bonds is 3. The number of nitrogens with zero attached hydrogens (tertiary/aromatic N) is 2. The number of hydrogen-bond acceptors (Lipinski definition) is 3. The Kier molecular flexibility index (Phi) is 3.75. The number of fused-ring (bicyclic) bond motifs is 1. The van der Waals surface area contributed by atoms with Gasteiger partial charge in [0.15, 0.2) is 0 Å². The van der Waals surface area contributed by atoms with E-state index in [0.29, 0.717) is 6.54 Å². The predicted octanol–water partition coefficient (Wildman–Crippen LogP) is 3.22. The number of benzene rings is 2. The summed E-state index contributed by atoms with van der Waals surface area (Å²) in [5.41, 5.74) is 2.54. The van der Waals surface area contributed by atoms with Crippen molar-refractivity contribution in [1.29, 1.82) is 0 Å². The van der Waals surface area contributed by atoms with Gasteiger partial charge >= 0.3 is 0 Å². The second-order valence-electron chi connectivity index (χ2n) is 4.64. The van der Waals surface area contributed by atoms with E-state index in [-0.39, 0.29) is 5.56 Å². The van der Waals surface area contributed by atoms with E-state index >= 15 is 0 Å². The van der Waals surface area contributed by atoms with Crippen LogP contribution in [-0.2, 0) is 6.54 Å². The van der Waals surface area contributed by atoms with Crippen molar-refractivity contribution in [2.45, 2.75) is 6.54 Å². The molecular weight excluding hydrogens is 332 g/mol. The minimum absolute atomic E-state index is 0.111. The smallest absolute Gasteiger partial charge is 0.269 e. The second-order valence-corrected chi connectivity index (χ2v) is 5.49. The number of para-hydroxylation sites is 2. The zero-order valence-corrected chi connectivity index (χ0v) is 13.0. The van der Waals surface area contributed by atoms with E-state index in [9.17, 15) is 4.79 Å². The van der Waals surface area contributed by atoms with E-state index in [1.165, 1.54) is 6.20 Å². The average Bonchev–Trinajstić information content (AvgIpc) is 2.50. The van der Waals surface area contributed by atoms with E-state index in [4.69, 9.17) is 4.74 Å². The Morgan fingerprint density at radius 3 is 2.81 bits per heavy atom. The minimum Gasteiger partial charge on any atom is -0.496 e. The third kappa shape index (κ3) is 2.69. The molecular formula is C16H13BrN2O2. The summed E-state index contributed by atoms with van der Waals surface area (Å²) in [5, 5.41) is 0. The minimum atomic E-state index is -0.111. The second kappa shape index (κ2) is 5.69. The van der Waals surface area contributed by atoms with Crippen molar-refractivity contribution in [3.05, 3.63) is 69.1 Å². The Hall–Kier alpha value is -2.14. The summed E-state index contributed by atoms with van der Waals surface area (Å²) in [7, 11) is 1.63. The van der Waals surface area contributed by atoms with Crippen molar-refractivity contribution in [2.24, 2.45) is 0 Å². The van der Waals surface area contributed by atoms with Gasteiger partial charge in [0.05, 0.1) is 35.4 Å². The van der Waals surface area contributed by atoms with Crippen LogP contribution in [-0.4, -0.2) is 16.7 Å². The van der Waals surface area contributed by atoms with Crippen molar-refractivity contribution < 1.29 is 4.74 Å². The Labute approximate surface area is 130 Å². The van der Waals surface area contributed by atoms with Crippen LogP contribution in [0.4, 0.5) is 0 Å². The van der Waals surface area contributed by atoms with Crippen molar-refractivity contribution in [3.63, 3.8) is 0 Å². The van der Waals surface area contributed by atoms with Gasteiger partial charge in [-0.15, -0.1) is 0 Å². The van der Waals surface area contributed by atoms with Crippen LogP contribution in [0.15, 0.2) is 57.9 Å². The Bertz CT molecular complexity index is 858. The highest BCUT2D eigenvalue weighted by atomic mass is 79.9. The highest BCUT2D eigenvalue weighted by Crippen LogP contribution is 2.26. The Balaban J connectivity index is 2.07. The van der Waals surface area contributed by atoms with Crippen LogP contribution in [0.2, 0.25) is 0 Å². The van der Waals surface area contributed by atoms with Gasteiger partial charge in [0.1, 0.15) is 5.75 Å². The predicted molar refractivity (Wildman–Crippen MR) is 85.8 cm³/mol. The molecule has 0 saturated carbocycles. The quantitative estimate of drug-likeness (QED) is 0.732. The van der Waals surface area contributed by atoms with Gasteiger partial charge in [0.2, 0.25) is 0 Å². The Morgan fingerprint density at radius 2 is 2.05 bits per heavy atom. The zero-order chi connectivity index (χ0) is 14.8. The van der Waals surface area contributed by atoms with E-state index in [1.54, 1.807) is 11.7 Å². The van der Waals surface area contributed by atoms with Crippen molar-refractivity contribution in [1.82, 2.24) is 9.55 Å². The maximum absolute atomic E-state index is 12.1. The molecule has 3 aromatic rings. The van der Waals surface area contributed by atoms with Gasteiger partial charge in [0, 0.05) is 0 Å². The summed E-state index contributed by atoms with van der Waals surface area (Å²) in [5.74, 6) is 0.769. The molecule has 5 heteroatoms. The summed E-state index contributed by atoms with van der Waals surface area (Å²) in [4.78, 5) is 16.3. The molecule has 0 fully saturated rings. The first-order valence-corrected chi connectivity index (χ1v) is 7.25. The number of methoxy groups -OCH3 is 1. The standard InChI is InChI=1S/C16H13BrN2O2/c1-21-15-7-6-11(8-12(15)17)10-19-14-5-3-2-4-13(14)18-9-16(19)20/h2-9H,10H2,1H3. The van der Waals surface area contributed by atoms with Gasteiger partial charge in [-0.05, 0) is 45.8 Å². The van der Waals surface area contributed by atoms with Gasteiger partial charge in [0.25, 0.3) is 5.56 Å². The summed E-state index contributed by atoms with van der Waals surface area (Å²) >= 11 is 3.46. The first kappa shape index (κ1) is 13.8. The molecule has 21 heavy (non-hydrogen) atoms. The van der Waals surface area contributed by atoms with Gasteiger partial charge in [-0.2, -0.15) is 0 Å². The largest absolute Gasteiger partial charge is 0.496 e.